The van der Waals surface area contributed by atoms with Gasteiger partial charge in [-0.1, -0.05) is 31.3 Å². The van der Waals surface area contributed by atoms with Gasteiger partial charge in [0.05, 0.1) is 29.4 Å². The molecule has 5 nitrogen and oxygen atoms in total. The molecule has 1 aliphatic rings. The van der Waals surface area contributed by atoms with Crippen molar-refractivity contribution in [2.24, 2.45) is 11.1 Å². The first-order chi connectivity index (χ1) is 10.3. The second-order valence-corrected chi connectivity index (χ2v) is 8.31. The topological polar surface area (TPSA) is 78.6 Å². The van der Waals surface area contributed by atoms with Crippen molar-refractivity contribution < 1.29 is 17.9 Å². The van der Waals surface area contributed by atoms with E-state index in [9.17, 15) is 8.42 Å². The summed E-state index contributed by atoms with van der Waals surface area (Å²) in [5, 5.41) is -0.629. The third-order valence-electron chi connectivity index (χ3n) is 4.36. The fraction of sp³-hybridized carbons (Fsp3) is 0.533. The van der Waals surface area contributed by atoms with Gasteiger partial charge in [-0.25, -0.2) is 8.42 Å². The Labute approximate surface area is 136 Å². The molecule has 2 N–H and O–H groups in total. The molecule has 3 atom stereocenters. The molecule has 122 valence electrons. The third-order valence-corrected chi connectivity index (χ3v) is 7.01. The van der Waals surface area contributed by atoms with Gasteiger partial charge in [-0.2, -0.15) is 0 Å². The van der Waals surface area contributed by atoms with Gasteiger partial charge in [0.1, 0.15) is 5.75 Å². The first-order valence-electron chi connectivity index (χ1n) is 6.99. The number of benzene rings is 1. The van der Waals surface area contributed by atoms with Gasteiger partial charge >= 0.3 is 0 Å². The van der Waals surface area contributed by atoms with Crippen LogP contribution >= 0.6 is 12.2 Å². The maximum atomic E-state index is 12.5. The van der Waals surface area contributed by atoms with E-state index in [4.69, 9.17) is 27.4 Å². The average Bonchev–Trinajstić information content (AvgIpc) is 3.19. The van der Waals surface area contributed by atoms with Crippen LogP contribution in [0.2, 0.25) is 0 Å². The molecule has 1 aliphatic carbocycles. The predicted octanol–water partition coefficient (Wildman–Crippen LogP) is 1.51. The Morgan fingerprint density at radius 2 is 1.91 bits per heavy atom. The fourth-order valence-corrected chi connectivity index (χ4v) is 5.64. The first kappa shape index (κ1) is 17.2. The molecule has 1 aromatic rings. The van der Waals surface area contributed by atoms with E-state index in [0.29, 0.717) is 5.75 Å². The molecule has 0 aliphatic heterocycles. The highest BCUT2D eigenvalue weighted by molar-refractivity contribution is 7.92. The number of hydrogen-bond donors (Lipinski definition) is 1. The summed E-state index contributed by atoms with van der Waals surface area (Å²) >= 11 is 5.19. The van der Waals surface area contributed by atoms with Crippen molar-refractivity contribution >= 4 is 27.0 Å². The van der Waals surface area contributed by atoms with Crippen molar-refractivity contribution in [3.05, 3.63) is 29.8 Å². The minimum absolute atomic E-state index is 0.0540. The lowest BCUT2D eigenvalue weighted by Crippen LogP contribution is -2.33. The van der Waals surface area contributed by atoms with Gasteiger partial charge < -0.3 is 15.2 Å². The lowest BCUT2D eigenvalue weighted by Gasteiger charge is -2.15. The van der Waals surface area contributed by atoms with Gasteiger partial charge in [0, 0.05) is 18.8 Å². The zero-order valence-corrected chi connectivity index (χ0v) is 14.5. The fourth-order valence-electron chi connectivity index (χ4n) is 3.17. The molecule has 0 amide bonds. The lowest BCUT2D eigenvalue weighted by molar-refractivity contribution is 0.166. The Kier molecular flexibility index (Phi) is 4.79. The van der Waals surface area contributed by atoms with Crippen LogP contribution in [-0.2, 0) is 14.6 Å². The number of nitrogens with two attached hydrogens (primary N) is 1. The van der Waals surface area contributed by atoms with E-state index in [0.717, 1.165) is 5.56 Å². The number of sulfone groups is 1. The summed E-state index contributed by atoms with van der Waals surface area (Å²) < 4.78 is 35.3. The van der Waals surface area contributed by atoms with Gasteiger partial charge in [-0.3, -0.25) is 0 Å². The van der Waals surface area contributed by atoms with Crippen molar-refractivity contribution in [2.45, 2.75) is 18.1 Å². The number of hydrogen-bond acceptors (Lipinski definition) is 5. The number of thiocarbonyl (C=S) groups is 1. The Morgan fingerprint density at radius 3 is 2.32 bits per heavy atom. The monoisotopic (exact) mass is 343 g/mol. The molecule has 0 spiro atoms. The molecule has 0 unspecified atom stereocenters. The van der Waals surface area contributed by atoms with Crippen LogP contribution in [-0.4, -0.2) is 45.2 Å². The predicted molar refractivity (Wildman–Crippen MR) is 90.1 cm³/mol. The maximum Gasteiger partial charge on any atom is 0.154 e. The normalized spacial score (nSPS) is 27.4. The van der Waals surface area contributed by atoms with Crippen molar-refractivity contribution in [3.63, 3.8) is 0 Å². The Balaban J connectivity index is 2.48. The second-order valence-electron chi connectivity index (χ2n) is 5.46. The molecular weight excluding hydrogens is 322 g/mol. The number of methoxy groups -OCH3 is 2. The second kappa shape index (κ2) is 6.14. The van der Waals surface area contributed by atoms with Gasteiger partial charge in [0.2, 0.25) is 0 Å². The molecule has 0 radical (unpaired) electrons. The van der Waals surface area contributed by atoms with E-state index in [1.54, 1.807) is 26.2 Å². The minimum Gasteiger partial charge on any atom is -0.497 e. The summed E-state index contributed by atoms with van der Waals surface area (Å²) in [4.78, 5) is 0.192. The quantitative estimate of drug-likeness (QED) is 0.756. The Bertz CT molecular complexity index is 657. The van der Waals surface area contributed by atoms with Crippen LogP contribution in [0.4, 0.5) is 0 Å². The van der Waals surface area contributed by atoms with Crippen molar-refractivity contribution in [2.75, 3.05) is 26.6 Å². The molecule has 1 fully saturated rings. The maximum absolute atomic E-state index is 12.5. The Morgan fingerprint density at radius 1 is 1.32 bits per heavy atom. The van der Waals surface area contributed by atoms with Gasteiger partial charge in [-0.05, 0) is 17.7 Å². The average molecular weight is 343 g/mol. The smallest absolute Gasteiger partial charge is 0.154 e. The minimum atomic E-state index is -3.29. The molecule has 1 aromatic carbocycles. The first-order valence-corrected chi connectivity index (χ1v) is 9.11. The molecule has 0 bridgehead atoms. The molecule has 22 heavy (non-hydrogen) atoms. The molecule has 0 heterocycles. The van der Waals surface area contributed by atoms with Crippen LogP contribution in [0.3, 0.4) is 0 Å². The molecule has 0 aromatic heterocycles. The highest BCUT2D eigenvalue weighted by Gasteiger charge is 2.72. The Hall–Kier alpha value is -1.18. The van der Waals surface area contributed by atoms with Crippen molar-refractivity contribution in [1.82, 2.24) is 0 Å². The SMILES string of the molecule is CCS(=O)(=O)[C@@H]1[C@H](c2ccc(OC)cc2)[C@]1(COC)C(N)=S. The van der Waals surface area contributed by atoms with Crippen LogP contribution in [0.1, 0.15) is 18.4 Å². The highest BCUT2D eigenvalue weighted by Crippen LogP contribution is 2.63. The van der Waals surface area contributed by atoms with Crippen molar-refractivity contribution in [3.8, 4) is 5.75 Å². The van der Waals surface area contributed by atoms with E-state index >= 15 is 0 Å². The lowest BCUT2D eigenvalue weighted by atomic mass is 10.00. The van der Waals surface area contributed by atoms with Crippen LogP contribution in [0.15, 0.2) is 24.3 Å². The van der Waals surface area contributed by atoms with Crippen LogP contribution < -0.4 is 10.5 Å². The van der Waals surface area contributed by atoms with Crippen molar-refractivity contribution in [1.29, 1.82) is 0 Å². The van der Waals surface area contributed by atoms with Gasteiger partial charge in [-0.15, -0.1) is 0 Å². The van der Waals surface area contributed by atoms with Crippen LogP contribution in [0.25, 0.3) is 0 Å². The van der Waals surface area contributed by atoms with E-state index < -0.39 is 20.5 Å². The summed E-state index contributed by atoms with van der Waals surface area (Å²) in [5.74, 6) is 0.492. The standard InChI is InChI=1S/C15H21NO4S2/c1-4-22(17,18)13-12(15(13,9-19-2)14(16)21)10-5-7-11(20-3)8-6-10/h5-8,12-13H,4,9H2,1-3H3,(H2,16,21)/t12-,13+,15-/m0/s1. The van der Waals surface area contributed by atoms with E-state index in [1.807, 2.05) is 12.1 Å². The van der Waals surface area contributed by atoms with E-state index in [2.05, 4.69) is 0 Å². The largest absolute Gasteiger partial charge is 0.497 e. The number of rotatable bonds is 7. The summed E-state index contributed by atoms with van der Waals surface area (Å²) in [6.45, 7) is 1.83. The van der Waals surface area contributed by atoms with Gasteiger partial charge in [0.15, 0.2) is 9.84 Å². The number of ether oxygens (including phenoxy) is 2. The molecular formula is C15H21NO4S2. The molecule has 1 saturated carbocycles. The van der Waals surface area contributed by atoms with E-state index in [1.165, 1.54) is 7.11 Å². The van der Waals surface area contributed by atoms with E-state index in [-0.39, 0.29) is 23.3 Å². The summed E-state index contributed by atoms with van der Waals surface area (Å²) in [7, 11) is -0.181. The zero-order valence-electron chi connectivity index (χ0n) is 12.9. The highest BCUT2D eigenvalue weighted by atomic mass is 32.2. The molecule has 7 heteroatoms. The summed E-state index contributed by atoms with van der Waals surface area (Å²) in [5.41, 5.74) is 5.96. The van der Waals surface area contributed by atoms with Crippen LogP contribution in [0, 0.1) is 5.41 Å². The summed E-state index contributed by atoms with van der Waals surface area (Å²) in [6.07, 6.45) is 0. The van der Waals surface area contributed by atoms with Gasteiger partial charge in [0.25, 0.3) is 0 Å². The molecule has 0 saturated heterocycles. The third kappa shape index (κ3) is 2.61. The van der Waals surface area contributed by atoms with Crippen LogP contribution in [0.5, 0.6) is 5.75 Å². The zero-order chi connectivity index (χ0) is 16.5. The summed E-state index contributed by atoms with van der Waals surface area (Å²) in [6, 6.07) is 7.33. The molecule has 2 rings (SSSR count).